The molecule has 0 aliphatic heterocycles. The third-order valence-electron chi connectivity index (χ3n) is 6.70. The standard InChI is InChI=1S/C24H30F3N7O/c1-4-23(2,3)33-21-29-13-18-20(32-21)34(17-11-5-14(6-12-17)19(28)35)22(31-18)30-16-9-7-15(8-10-16)24(25,26)27/h7-10,13-14,17H,4-6,11-12H2,1-3H3,(H2,28,35)(H,30,31)(H,29,32,33)/t14-,17-. The Bertz CT molecular complexity index is 1200. The quantitative estimate of drug-likeness (QED) is 0.410. The maximum absolute atomic E-state index is 13.0. The second-order valence-corrected chi connectivity index (χ2v) is 9.68. The smallest absolute Gasteiger partial charge is 0.369 e. The van der Waals surface area contributed by atoms with Crippen molar-refractivity contribution < 1.29 is 18.0 Å². The van der Waals surface area contributed by atoms with E-state index in [2.05, 4.69) is 41.4 Å². The molecule has 0 spiro atoms. The number of aromatic nitrogens is 4. The summed E-state index contributed by atoms with van der Waals surface area (Å²) in [6.07, 6.45) is 0.806. The summed E-state index contributed by atoms with van der Waals surface area (Å²) in [6.45, 7) is 6.18. The molecular weight excluding hydrogens is 459 g/mol. The molecule has 4 N–H and O–H groups in total. The van der Waals surface area contributed by atoms with E-state index in [4.69, 9.17) is 10.7 Å². The molecule has 1 saturated carbocycles. The van der Waals surface area contributed by atoms with Crippen molar-refractivity contribution in [3.63, 3.8) is 0 Å². The lowest BCUT2D eigenvalue weighted by Gasteiger charge is -2.29. The van der Waals surface area contributed by atoms with Crippen molar-refractivity contribution in [2.24, 2.45) is 11.7 Å². The monoisotopic (exact) mass is 489 g/mol. The summed E-state index contributed by atoms with van der Waals surface area (Å²) in [5, 5.41) is 6.50. The zero-order valence-electron chi connectivity index (χ0n) is 20.0. The van der Waals surface area contributed by atoms with Gasteiger partial charge in [-0.1, -0.05) is 6.92 Å². The van der Waals surface area contributed by atoms with Crippen LogP contribution in [0.25, 0.3) is 11.2 Å². The van der Waals surface area contributed by atoms with Gasteiger partial charge in [0.05, 0.1) is 11.8 Å². The number of carbonyl (C=O) groups excluding carboxylic acids is 1. The number of hydrogen-bond donors (Lipinski definition) is 3. The van der Waals surface area contributed by atoms with E-state index in [0.717, 1.165) is 18.6 Å². The number of alkyl halides is 3. The number of nitrogens with zero attached hydrogens (tertiary/aromatic N) is 4. The van der Waals surface area contributed by atoms with Crippen LogP contribution in [-0.2, 0) is 11.0 Å². The number of halogens is 3. The van der Waals surface area contributed by atoms with Gasteiger partial charge in [-0.25, -0.2) is 9.97 Å². The predicted octanol–water partition coefficient (Wildman–Crippen LogP) is 5.41. The highest BCUT2D eigenvalue weighted by atomic mass is 19.4. The average molecular weight is 490 g/mol. The van der Waals surface area contributed by atoms with Gasteiger partial charge in [0.1, 0.15) is 5.52 Å². The molecule has 4 rings (SSSR count). The zero-order chi connectivity index (χ0) is 25.4. The third-order valence-corrected chi connectivity index (χ3v) is 6.70. The third kappa shape index (κ3) is 5.49. The van der Waals surface area contributed by atoms with Crippen LogP contribution in [0.2, 0.25) is 0 Å². The summed E-state index contributed by atoms with van der Waals surface area (Å²) >= 11 is 0. The van der Waals surface area contributed by atoms with E-state index in [9.17, 15) is 18.0 Å². The molecule has 0 unspecified atom stereocenters. The molecule has 1 amide bonds. The van der Waals surface area contributed by atoms with Gasteiger partial charge in [-0.3, -0.25) is 9.36 Å². The zero-order valence-corrected chi connectivity index (χ0v) is 20.0. The Hall–Kier alpha value is -3.37. The first-order valence-electron chi connectivity index (χ1n) is 11.7. The number of primary amides is 1. The normalized spacial score (nSPS) is 19.0. The summed E-state index contributed by atoms with van der Waals surface area (Å²) in [4.78, 5) is 25.5. The van der Waals surface area contributed by atoms with Crippen molar-refractivity contribution in [2.45, 2.75) is 70.6 Å². The summed E-state index contributed by atoms with van der Waals surface area (Å²) < 4.78 is 40.9. The van der Waals surface area contributed by atoms with Gasteiger partial charge in [-0.2, -0.15) is 18.2 Å². The highest BCUT2D eigenvalue weighted by molar-refractivity contribution is 5.78. The van der Waals surface area contributed by atoms with Crippen LogP contribution in [0.5, 0.6) is 0 Å². The van der Waals surface area contributed by atoms with Crippen molar-refractivity contribution >= 4 is 34.7 Å². The number of hydrogen-bond acceptors (Lipinski definition) is 6. The molecule has 2 heterocycles. The van der Waals surface area contributed by atoms with Gasteiger partial charge in [-0.15, -0.1) is 0 Å². The van der Waals surface area contributed by atoms with Crippen molar-refractivity contribution in [3.8, 4) is 0 Å². The molecule has 1 aliphatic rings. The number of nitrogens with one attached hydrogen (secondary N) is 2. The second kappa shape index (κ2) is 9.35. The fourth-order valence-corrected chi connectivity index (χ4v) is 4.27. The number of benzene rings is 1. The molecule has 188 valence electrons. The van der Waals surface area contributed by atoms with Crippen LogP contribution in [0.3, 0.4) is 0 Å². The summed E-state index contributed by atoms with van der Waals surface area (Å²) in [6, 6.07) is 4.80. The van der Waals surface area contributed by atoms with Gasteiger partial charge < -0.3 is 16.4 Å². The van der Waals surface area contributed by atoms with Gasteiger partial charge in [0.15, 0.2) is 5.65 Å². The maximum Gasteiger partial charge on any atom is 0.416 e. The van der Waals surface area contributed by atoms with Crippen LogP contribution < -0.4 is 16.4 Å². The van der Waals surface area contributed by atoms with E-state index >= 15 is 0 Å². The Balaban J connectivity index is 1.71. The topological polar surface area (TPSA) is 111 Å². The molecule has 35 heavy (non-hydrogen) atoms. The molecule has 1 aromatic carbocycles. The Morgan fingerprint density at radius 1 is 1.11 bits per heavy atom. The van der Waals surface area contributed by atoms with Crippen LogP contribution in [0, 0.1) is 5.92 Å². The van der Waals surface area contributed by atoms with Gasteiger partial charge in [0.2, 0.25) is 17.8 Å². The lowest BCUT2D eigenvalue weighted by Crippen LogP contribution is -2.31. The van der Waals surface area contributed by atoms with Gasteiger partial charge in [0.25, 0.3) is 0 Å². The lowest BCUT2D eigenvalue weighted by molar-refractivity contribution is -0.137. The minimum absolute atomic E-state index is 0.00511. The molecule has 1 fully saturated rings. The van der Waals surface area contributed by atoms with E-state index in [-0.39, 0.29) is 23.4 Å². The molecular formula is C24H30F3N7O. The molecule has 0 radical (unpaired) electrons. The maximum atomic E-state index is 13.0. The van der Waals surface area contributed by atoms with Crippen LogP contribution in [-0.4, -0.2) is 31.0 Å². The second-order valence-electron chi connectivity index (χ2n) is 9.68. The fraction of sp³-hybridized carbons (Fsp3) is 0.500. The number of amides is 1. The summed E-state index contributed by atoms with van der Waals surface area (Å²) in [5.41, 5.74) is 6.23. The number of anilines is 3. The number of imidazole rings is 1. The Morgan fingerprint density at radius 3 is 2.34 bits per heavy atom. The van der Waals surface area contributed by atoms with E-state index in [0.29, 0.717) is 54.4 Å². The molecule has 8 nitrogen and oxygen atoms in total. The van der Waals surface area contributed by atoms with Crippen molar-refractivity contribution in [3.05, 3.63) is 36.0 Å². The van der Waals surface area contributed by atoms with Crippen molar-refractivity contribution in [2.75, 3.05) is 10.6 Å². The SMILES string of the molecule is CCC(C)(C)Nc1ncc2nc(Nc3ccc(C(F)(F)F)cc3)n([C@H]3CC[C@H](C(N)=O)CC3)c2n1. The Labute approximate surface area is 201 Å². The lowest BCUT2D eigenvalue weighted by atomic mass is 9.85. The minimum Gasteiger partial charge on any atom is -0.369 e. The molecule has 2 aromatic heterocycles. The van der Waals surface area contributed by atoms with E-state index < -0.39 is 11.7 Å². The van der Waals surface area contributed by atoms with E-state index in [1.807, 2.05) is 4.57 Å². The fourth-order valence-electron chi connectivity index (χ4n) is 4.27. The number of carbonyl (C=O) groups is 1. The van der Waals surface area contributed by atoms with Crippen molar-refractivity contribution in [1.82, 2.24) is 19.5 Å². The largest absolute Gasteiger partial charge is 0.416 e. The van der Waals surface area contributed by atoms with Gasteiger partial charge >= 0.3 is 6.18 Å². The van der Waals surface area contributed by atoms with Crippen LogP contribution in [0.4, 0.5) is 30.8 Å². The number of nitrogens with two attached hydrogens (primary N) is 1. The minimum atomic E-state index is -4.41. The Kier molecular flexibility index (Phi) is 6.61. The van der Waals surface area contributed by atoms with Gasteiger partial charge in [0, 0.05) is 23.2 Å². The van der Waals surface area contributed by atoms with Crippen LogP contribution in [0.15, 0.2) is 30.5 Å². The van der Waals surface area contributed by atoms with Crippen LogP contribution >= 0.6 is 0 Å². The number of rotatable bonds is 7. The first-order chi connectivity index (χ1) is 16.5. The van der Waals surface area contributed by atoms with E-state index in [1.54, 1.807) is 6.20 Å². The van der Waals surface area contributed by atoms with E-state index in [1.165, 1.54) is 12.1 Å². The summed E-state index contributed by atoms with van der Waals surface area (Å²) in [7, 11) is 0. The molecule has 0 bridgehead atoms. The predicted molar refractivity (Wildman–Crippen MR) is 128 cm³/mol. The summed E-state index contributed by atoms with van der Waals surface area (Å²) in [5.74, 6) is 0.475. The van der Waals surface area contributed by atoms with Crippen LogP contribution in [0.1, 0.15) is 64.5 Å². The highest BCUT2D eigenvalue weighted by Crippen LogP contribution is 2.37. The molecule has 3 aromatic rings. The Morgan fingerprint density at radius 2 is 1.77 bits per heavy atom. The highest BCUT2D eigenvalue weighted by Gasteiger charge is 2.31. The molecule has 0 atom stereocenters. The average Bonchev–Trinajstić information content (AvgIpc) is 3.15. The molecule has 1 aliphatic carbocycles. The number of fused-ring (bicyclic) bond motifs is 1. The molecule has 11 heteroatoms. The first kappa shape index (κ1) is 24.7. The van der Waals surface area contributed by atoms with Gasteiger partial charge in [-0.05, 0) is 70.2 Å². The van der Waals surface area contributed by atoms with Crippen molar-refractivity contribution in [1.29, 1.82) is 0 Å². The molecule has 0 saturated heterocycles. The first-order valence-corrected chi connectivity index (χ1v) is 11.7.